The van der Waals surface area contributed by atoms with Crippen molar-refractivity contribution in [1.82, 2.24) is 19.9 Å². The lowest BCUT2D eigenvalue weighted by Gasteiger charge is -2.09. The van der Waals surface area contributed by atoms with Crippen LogP contribution in [0.15, 0.2) is 48.2 Å². The van der Waals surface area contributed by atoms with Crippen LogP contribution in [0.5, 0.6) is 0 Å². The summed E-state index contributed by atoms with van der Waals surface area (Å²) < 4.78 is 1.93. The normalized spacial score (nSPS) is 16.2. The lowest BCUT2D eigenvalue weighted by molar-refractivity contribution is 0.101. The fourth-order valence-corrected chi connectivity index (χ4v) is 3.80. The van der Waals surface area contributed by atoms with Crippen LogP contribution in [0.1, 0.15) is 40.6 Å². The van der Waals surface area contributed by atoms with Crippen molar-refractivity contribution in [3.63, 3.8) is 0 Å². The summed E-state index contributed by atoms with van der Waals surface area (Å²) in [6.07, 6.45) is 7.70. The number of halogens is 1. The van der Waals surface area contributed by atoms with Crippen LogP contribution >= 0.6 is 23.7 Å². The Morgan fingerprint density at radius 2 is 2.19 bits per heavy atom. The maximum Gasteiger partial charge on any atom is 0.274 e. The van der Waals surface area contributed by atoms with Gasteiger partial charge in [-0.25, -0.2) is 4.98 Å². The van der Waals surface area contributed by atoms with E-state index in [-0.39, 0.29) is 18.3 Å². The number of hydrogen-bond donors (Lipinski definition) is 2. The van der Waals surface area contributed by atoms with Gasteiger partial charge in [-0.15, -0.1) is 23.7 Å². The summed E-state index contributed by atoms with van der Waals surface area (Å²) in [7, 11) is 0. The van der Waals surface area contributed by atoms with Gasteiger partial charge in [0.1, 0.15) is 5.69 Å². The zero-order valence-electron chi connectivity index (χ0n) is 14.1. The minimum absolute atomic E-state index is 0. The standard InChI is InChI=1S/C18H19N5OS.ClH/c24-17(22-18-21-15(12-25-18)14-3-1-7-20-14)16-4-2-10-23(16)11-13-5-8-19-9-6-13;/h2,4-6,8-10,12,14,20H,1,3,7,11H2,(H,21,22,24);1H/t14-;/m1./s1. The molecule has 1 amide bonds. The fraction of sp³-hybridized carbons (Fsp3) is 0.278. The maximum absolute atomic E-state index is 12.6. The summed E-state index contributed by atoms with van der Waals surface area (Å²) in [4.78, 5) is 21.2. The van der Waals surface area contributed by atoms with Crippen LogP contribution < -0.4 is 10.6 Å². The second-order valence-corrected chi connectivity index (χ2v) is 6.92. The molecule has 8 heteroatoms. The highest BCUT2D eigenvalue weighted by atomic mass is 35.5. The van der Waals surface area contributed by atoms with Crippen molar-refractivity contribution in [2.45, 2.75) is 25.4 Å². The molecule has 6 nitrogen and oxygen atoms in total. The van der Waals surface area contributed by atoms with E-state index < -0.39 is 0 Å². The van der Waals surface area contributed by atoms with Gasteiger partial charge in [0.05, 0.1) is 11.7 Å². The quantitative estimate of drug-likeness (QED) is 0.700. The highest BCUT2D eigenvalue weighted by Gasteiger charge is 2.20. The highest BCUT2D eigenvalue weighted by molar-refractivity contribution is 7.14. The first-order chi connectivity index (χ1) is 12.3. The van der Waals surface area contributed by atoms with Gasteiger partial charge in [0.15, 0.2) is 5.13 Å². The molecule has 0 bridgehead atoms. The number of rotatable bonds is 5. The molecule has 1 saturated heterocycles. The zero-order valence-corrected chi connectivity index (χ0v) is 15.7. The molecule has 0 saturated carbocycles. The Bertz CT molecular complexity index is 857. The molecular formula is C18H20ClN5OS. The van der Waals surface area contributed by atoms with Gasteiger partial charge >= 0.3 is 0 Å². The summed E-state index contributed by atoms with van der Waals surface area (Å²) in [6, 6.07) is 7.92. The van der Waals surface area contributed by atoms with E-state index in [1.165, 1.54) is 17.8 Å². The van der Waals surface area contributed by atoms with Crippen molar-refractivity contribution >= 4 is 34.8 Å². The fourth-order valence-electron chi connectivity index (χ4n) is 3.04. The van der Waals surface area contributed by atoms with Crippen LogP contribution in [0.4, 0.5) is 5.13 Å². The van der Waals surface area contributed by atoms with Crippen LogP contribution in [0.3, 0.4) is 0 Å². The van der Waals surface area contributed by atoms with Crippen molar-refractivity contribution < 1.29 is 4.79 Å². The van der Waals surface area contributed by atoms with E-state index in [0.717, 1.165) is 24.2 Å². The van der Waals surface area contributed by atoms with Crippen molar-refractivity contribution in [2.24, 2.45) is 0 Å². The molecule has 0 radical (unpaired) electrons. The van der Waals surface area contributed by atoms with Crippen molar-refractivity contribution in [1.29, 1.82) is 0 Å². The van der Waals surface area contributed by atoms with E-state index in [1.54, 1.807) is 12.4 Å². The maximum atomic E-state index is 12.6. The first-order valence-corrected chi connectivity index (χ1v) is 9.22. The molecule has 1 atom stereocenters. The first kappa shape index (κ1) is 18.6. The van der Waals surface area contributed by atoms with Crippen LogP contribution in [-0.2, 0) is 6.54 Å². The predicted octanol–water partition coefficient (Wildman–Crippen LogP) is 3.49. The topological polar surface area (TPSA) is 71.8 Å². The zero-order chi connectivity index (χ0) is 17.1. The van der Waals surface area contributed by atoms with Crippen molar-refractivity contribution in [3.8, 4) is 0 Å². The molecule has 0 unspecified atom stereocenters. The molecule has 1 aliphatic rings. The van der Waals surface area contributed by atoms with Gasteiger partial charge < -0.3 is 9.88 Å². The number of carbonyl (C=O) groups excluding carboxylic acids is 1. The van der Waals surface area contributed by atoms with Gasteiger partial charge in [0, 0.05) is 30.5 Å². The van der Waals surface area contributed by atoms with Gasteiger partial charge in [0.2, 0.25) is 0 Å². The van der Waals surface area contributed by atoms with Crippen LogP contribution in [0, 0.1) is 0 Å². The number of pyridine rings is 1. The molecule has 0 aliphatic carbocycles. The summed E-state index contributed by atoms with van der Waals surface area (Å²) in [5.74, 6) is -0.140. The molecule has 0 spiro atoms. The number of aromatic nitrogens is 3. The second kappa shape index (κ2) is 8.44. The summed E-state index contributed by atoms with van der Waals surface area (Å²) in [5.41, 5.74) is 2.74. The second-order valence-electron chi connectivity index (χ2n) is 6.06. The Balaban J connectivity index is 0.00000196. The Morgan fingerprint density at radius 1 is 1.35 bits per heavy atom. The average molecular weight is 390 g/mol. The Morgan fingerprint density at radius 3 is 2.96 bits per heavy atom. The molecule has 3 aromatic rings. The Labute approximate surface area is 162 Å². The lowest BCUT2D eigenvalue weighted by Crippen LogP contribution is -2.17. The average Bonchev–Trinajstić information content (AvgIpc) is 3.37. The van der Waals surface area contributed by atoms with E-state index in [4.69, 9.17) is 0 Å². The van der Waals surface area contributed by atoms with Gasteiger partial charge in [0.25, 0.3) is 5.91 Å². The van der Waals surface area contributed by atoms with Crippen LogP contribution in [-0.4, -0.2) is 27.0 Å². The van der Waals surface area contributed by atoms with Crippen LogP contribution in [0.2, 0.25) is 0 Å². The molecule has 4 heterocycles. The monoisotopic (exact) mass is 389 g/mol. The number of amides is 1. The van der Waals surface area contributed by atoms with Crippen LogP contribution in [0.25, 0.3) is 0 Å². The molecular weight excluding hydrogens is 370 g/mol. The van der Waals surface area contributed by atoms with E-state index in [1.807, 2.05) is 40.4 Å². The Kier molecular flexibility index (Phi) is 6.03. The summed E-state index contributed by atoms with van der Waals surface area (Å²) in [5, 5.41) is 9.01. The molecule has 1 fully saturated rings. The molecule has 136 valence electrons. The summed E-state index contributed by atoms with van der Waals surface area (Å²) in [6.45, 7) is 1.67. The van der Waals surface area contributed by atoms with E-state index in [2.05, 4.69) is 20.6 Å². The lowest BCUT2D eigenvalue weighted by atomic mass is 10.2. The number of nitrogens with one attached hydrogen (secondary N) is 2. The third-order valence-electron chi connectivity index (χ3n) is 4.32. The third kappa shape index (κ3) is 4.12. The van der Waals surface area contributed by atoms with E-state index in [9.17, 15) is 4.79 Å². The molecule has 3 aromatic heterocycles. The molecule has 1 aliphatic heterocycles. The Hall–Kier alpha value is -2.22. The van der Waals surface area contributed by atoms with Gasteiger partial charge in [-0.1, -0.05) is 0 Å². The first-order valence-electron chi connectivity index (χ1n) is 8.34. The molecule has 0 aromatic carbocycles. The minimum Gasteiger partial charge on any atom is -0.339 e. The molecule has 26 heavy (non-hydrogen) atoms. The predicted molar refractivity (Wildman–Crippen MR) is 105 cm³/mol. The van der Waals surface area contributed by atoms with Gasteiger partial charge in [-0.3, -0.25) is 15.1 Å². The molecule has 2 N–H and O–H groups in total. The van der Waals surface area contributed by atoms with Crippen molar-refractivity contribution in [2.75, 3.05) is 11.9 Å². The SMILES string of the molecule is Cl.O=C(Nc1nc([C@H]2CCCN2)cs1)c1cccn1Cc1ccncc1. The largest absolute Gasteiger partial charge is 0.339 e. The smallest absolute Gasteiger partial charge is 0.274 e. The van der Waals surface area contributed by atoms with Gasteiger partial charge in [-0.05, 0) is 49.2 Å². The number of nitrogens with zero attached hydrogens (tertiary/aromatic N) is 3. The third-order valence-corrected chi connectivity index (χ3v) is 5.10. The summed E-state index contributed by atoms with van der Waals surface area (Å²) >= 11 is 1.47. The van der Waals surface area contributed by atoms with E-state index >= 15 is 0 Å². The minimum atomic E-state index is -0.140. The van der Waals surface area contributed by atoms with E-state index in [0.29, 0.717) is 23.4 Å². The number of hydrogen-bond acceptors (Lipinski definition) is 5. The molecule has 4 rings (SSSR count). The number of anilines is 1. The highest BCUT2D eigenvalue weighted by Crippen LogP contribution is 2.26. The number of carbonyl (C=O) groups is 1. The number of thiazole rings is 1. The van der Waals surface area contributed by atoms with Crippen molar-refractivity contribution in [3.05, 3.63) is 65.2 Å². The van der Waals surface area contributed by atoms with Gasteiger partial charge in [-0.2, -0.15) is 0 Å².